The van der Waals surface area contributed by atoms with Crippen molar-refractivity contribution in [1.82, 2.24) is 19.2 Å². The topological polar surface area (TPSA) is 83.5 Å². The van der Waals surface area contributed by atoms with E-state index in [0.717, 1.165) is 27.8 Å². The van der Waals surface area contributed by atoms with Gasteiger partial charge in [0.1, 0.15) is 5.69 Å². The van der Waals surface area contributed by atoms with Crippen LogP contribution in [0.4, 0.5) is 0 Å². The number of benzene rings is 2. The van der Waals surface area contributed by atoms with Crippen molar-refractivity contribution < 1.29 is 13.2 Å². The predicted octanol–water partition coefficient (Wildman–Crippen LogP) is 3.01. The van der Waals surface area contributed by atoms with Crippen LogP contribution in [0.5, 0.6) is 0 Å². The van der Waals surface area contributed by atoms with Gasteiger partial charge in [0.25, 0.3) is 5.91 Å². The summed E-state index contributed by atoms with van der Waals surface area (Å²) in [5, 5.41) is 0. The highest BCUT2D eigenvalue weighted by Gasteiger charge is 2.33. The lowest BCUT2D eigenvalue weighted by Gasteiger charge is -2.34. The number of nitrogens with zero attached hydrogens (tertiary/aromatic N) is 4. The average Bonchev–Trinajstić information content (AvgIpc) is 2.77. The van der Waals surface area contributed by atoms with E-state index in [-0.39, 0.29) is 24.7 Å². The summed E-state index contributed by atoms with van der Waals surface area (Å²) >= 11 is 0. The van der Waals surface area contributed by atoms with Gasteiger partial charge in [0, 0.05) is 26.2 Å². The Morgan fingerprint density at radius 3 is 2.10 bits per heavy atom. The number of carbonyl (C=O) groups is 1. The quantitative estimate of drug-likeness (QED) is 0.628. The van der Waals surface area contributed by atoms with E-state index in [4.69, 9.17) is 0 Å². The van der Waals surface area contributed by atoms with Crippen molar-refractivity contribution in [2.24, 2.45) is 0 Å². The molecular formula is C23H26N4O3S. The largest absolute Gasteiger partial charge is 0.335 e. The van der Waals surface area contributed by atoms with E-state index in [2.05, 4.69) is 9.97 Å². The number of rotatable bonds is 3. The molecule has 8 heteroatoms. The van der Waals surface area contributed by atoms with Crippen molar-refractivity contribution in [3.63, 3.8) is 0 Å². The molecule has 2 heterocycles. The number of aromatic nitrogens is 2. The Balaban J connectivity index is 1.53. The molecule has 1 aliphatic rings. The minimum absolute atomic E-state index is 0.228. The highest BCUT2D eigenvalue weighted by Crippen LogP contribution is 2.29. The summed E-state index contributed by atoms with van der Waals surface area (Å²) < 4.78 is 28.3. The maximum absolute atomic E-state index is 13.4. The molecule has 0 N–H and O–H groups in total. The molecule has 0 radical (unpaired) electrons. The van der Waals surface area contributed by atoms with Gasteiger partial charge >= 0.3 is 0 Å². The second-order valence-electron chi connectivity index (χ2n) is 8.03. The summed E-state index contributed by atoms with van der Waals surface area (Å²) in [5.41, 5.74) is 5.16. The van der Waals surface area contributed by atoms with E-state index in [9.17, 15) is 13.2 Å². The second kappa shape index (κ2) is 8.01. The molecule has 1 saturated heterocycles. The maximum Gasteiger partial charge on any atom is 0.274 e. The van der Waals surface area contributed by atoms with Crippen LogP contribution < -0.4 is 0 Å². The molecule has 1 aromatic heterocycles. The van der Waals surface area contributed by atoms with Crippen LogP contribution >= 0.6 is 0 Å². The van der Waals surface area contributed by atoms with Gasteiger partial charge in [0.2, 0.25) is 10.0 Å². The van der Waals surface area contributed by atoms with Gasteiger partial charge < -0.3 is 4.90 Å². The van der Waals surface area contributed by atoms with Crippen LogP contribution in [0.2, 0.25) is 0 Å². The Bertz CT molecular complexity index is 1250. The summed E-state index contributed by atoms with van der Waals surface area (Å²) in [6.45, 7) is 8.70. The summed E-state index contributed by atoms with van der Waals surface area (Å²) in [4.78, 5) is 23.7. The van der Waals surface area contributed by atoms with E-state index >= 15 is 0 Å². The lowest BCUT2D eigenvalue weighted by molar-refractivity contribution is 0.0692. The Labute approximate surface area is 182 Å². The minimum Gasteiger partial charge on any atom is -0.335 e. The first kappa shape index (κ1) is 21.4. The number of carbonyl (C=O) groups excluding carboxylic acids is 1. The molecular weight excluding hydrogens is 412 g/mol. The number of sulfonamides is 1. The number of aryl methyl sites for hydroxylation is 2. The molecule has 0 aliphatic carbocycles. The molecule has 0 bridgehead atoms. The summed E-state index contributed by atoms with van der Waals surface area (Å²) in [6.07, 6.45) is 1.48. The van der Waals surface area contributed by atoms with Gasteiger partial charge in [-0.2, -0.15) is 4.31 Å². The molecule has 1 fully saturated rings. The Hall–Kier alpha value is -2.84. The predicted molar refractivity (Wildman–Crippen MR) is 120 cm³/mol. The first-order chi connectivity index (χ1) is 14.7. The third-order valence-electron chi connectivity index (χ3n) is 6.09. The summed E-state index contributed by atoms with van der Waals surface area (Å²) in [7, 11) is -3.64. The number of para-hydroxylation sites is 2. The number of hydrogen-bond donors (Lipinski definition) is 0. The van der Waals surface area contributed by atoms with Crippen LogP contribution in [0, 0.1) is 27.7 Å². The maximum atomic E-state index is 13.4. The minimum atomic E-state index is -3.64. The van der Waals surface area contributed by atoms with E-state index < -0.39 is 10.0 Å². The first-order valence-corrected chi connectivity index (χ1v) is 11.7. The number of fused-ring (bicyclic) bond motifs is 1. The van der Waals surface area contributed by atoms with Crippen LogP contribution in [-0.4, -0.2) is 59.7 Å². The van der Waals surface area contributed by atoms with Gasteiger partial charge in [0.05, 0.1) is 22.1 Å². The third kappa shape index (κ3) is 3.81. The van der Waals surface area contributed by atoms with Gasteiger partial charge in [-0.3, -0.25) is 9.78 Å². The van der Waals surface area contributed by atoms with Gasteiger partial charge in [-0.15, -0.1) is 0 Å². The van der Waals surface area contributed by atoms with Crippen LogP contribution in [0.25, 0.3) is 11.0 Å². The zero-order valence-corrected chi connectivity index (χ0v) is 19.0. The van der Waals surface area contributed by atoms with Crippen molar-refractivity contribution in [2.75, 3.05) is 26.2 Å². The summed E-state index contributed by atoms with van der Waals surface area (Å²) in [6, 6.07) is 9.41. The SMILES string of the molecule is Cc1cc(C)c(C)c(S(=O)(=O)N2CCN(C(=O)c3cnc4ccccc4n3)CC2)c1C. The molecule has 1 amide bonds. The van der Waals surface area contributed by atoms with Gasteiger partial charge in [-0.05, 0) is 62.1 Å². The smallest absolute Gasteiger partial charge is 0.274 e. The van der Waals surface area contributed by atoms with Crippen molar-refractivity contribution in [3.05, 3.63) is 64.5 Å². The molecule has 0 saturated carbocycles. The fraction of sp³-hybridized carbons (Fsp3) is 0.348. The lowest BCUT2D eigenvalue weighted by Crippen LogP contribution is -2.50. The standard InChI is InChI=1S/C23H26N4O3S/c1-15-13-16(2)18(4)22(17(15)3)31(29,30)27-11-9-26(10-12-27)23(28)21-14-24-19-7-5-6-8-20(19)25-21/h5-8,13-14H,9-12H2,1-4H3. The van der Waals surface area contributed by atoms with Gasteiger partial charge in [-0.25, -0.2) is 13.4 Å². The van der Waals surface area contributed by atoms with E-state index in [1.54, 1.807) is 4.90 Å². The highest BCUT2D eigenvalue weighted by molar-refractivity contribution is 7.89. The lowest BCUT2D eigenvalue weighted by atomic mass is 10.0. The third-order valence-corrected chi connectivity index (χ3v) is 8.26. The number of hydrogen-bond acceptors (Lipinski definition) is 5. The molecule has 0 unspecified atom stereocenters. The normalized spacial score (nSPS) is 15.4. The van der Waals surface area contributed by atoms with Crippen molar-refractivity contribution in [1.29, 1.82) is 0 Å². The monoisotopic (exact) mass is 438 g/mol. The molecule has 162 valence electrons. The van der Waals surface area contributed by atoms with Crippen molar-refractivity contribution >= 4 is 27.0 Å². The molecule has 7 nitrogen and oxygen atoms in total. The zero-order valence-electron chi connectivity index (χ0n) is 18.2. The molecule has 2 aromatic carbocycles. The van der Waals surface area contributed by atoms with Crippen LogP contribution in [0.3, 0.4) is 0 Å². The molecule has 31 heavy (non-hydrogen) atoms. The summed E-state index contributed by atoms with van der Waals surface area (Å²) in [5.74, 6) is -0.228. The Morgan fingerprint density at radius 1 is 0.903 bits per heavy atom. The van der Waals surface area contributed by atoms with Crippen LogP contribution in [0.15, 0.2) is 41.4 Å². The Morgan fingerprint density at radius 2 is 1.48 bits per heavy atom. The number of amides is 1. The highest BCUT2D eigenvalue weighted by atomic mass is 32.2. The Kier molecular flexibility index (Phi) is 5.53. The molecule has 0 atom stereocenters. The molecule has 4 rings (SSSR count). The first-order valence-electron chi connectivity index (χ1n) is 10.3. The van der Waals surface area contributed by atoms with Gasteiger partial charge in [0.15, 0.2) is 0 Å². The van der Waals surface area contributed by atoms with Crippen LogP contribution in [-0.2, 0) is 10.0 Å². The van der Waals surface area contributed by atoms with E-state index in [1.807, 2.05) is 58.0 Å². The fourth-order valence-electron chi connectivity index (χ4n) is 4.05. The van der Waals surface area contributed by atoms with Crippen LogP contribution in [0.1, 0.15) is 32.7 Å². The zero-order chi connectivity index (χ0) is 22.3. The molecule has 3 aromatic rings. The van der Waals surface area contributed by atoms with Crippen molar-refractivity contribution in [2.45, 2.75) is 32.6 Å². The van der Waals surface area contributed by atoms with Crippen molar-refractivity contribution in [3.8, 4) is 0 Å². The fourth-order valence-corrected chi connectivity index (χ4v) is 6.05. The number of piperazine rings is 1. The second-order valence-corrected chi connectivity index (χ2v) is 9.90. The van der Waals surface area contributed by atoms with Gasteiger partial charge in [-0.1, -0.05) is 18.2 Å². The van der Waals surface area contributed by atoms with E-state index in [1.165, 1.54) is 10.5 Å². The average molecular weight is 439 g/mol. The van der Waals surface area contributed by atoms with E-state index in [0.29, 0.717) is 23.5 Å². The molecule has 1 aliphatic heterocycles. The molecule has 0 spiro atoms.